The standard InChI is InChI=1S/C21H18F3N3O4/c22-21(23,24)31-17-9-7-16(8-10-17)26-20(30)25-12-14-4-1-2-5-15(14)13-27-11-3-6-18(27)19(28)29/h1-11H,12-13H2,(H,28,29)(H2,25,26,30). The predicted octanol–water partition coefficient (Wildman–Crippen LogP) is 4.45. The van der Waals surface area contributed by atoms with E-state index in [1.165, 1.54) is 18.2 Å². The third-order valence-electron chi connectivity index (χ3n) is 4.29. The van der Waals surface area contributed by atoms with Crippen LogP contribution >= 0.6 is 0 Å². The minimum atomic E-state index is -4.79. The van der Waals surface area contributed by atoms with E-state index < -0.39 is 24.1 Å². The summed E-state index contributed by atoms with van der Waals surface area (Å²) in [5.41, 5.74) is 2.06. The van der Waals surface area contributed by atoms with E-state index in [2.05, 4.69) is 15.4 Å². The number of halogens is 3. The van der Waals surface area contributed by atoms with Crippen molar-refractivity contribution in [1.29, 1.82) is 0 Å². The number of ether oxygens (including phenoxy) is 1. The summed E-state index contributed by atoms with van der Waals surface area (Å²) in [5, 5.41) is 14.4. The average Bonchev–Trinajstić information content (AvgIpc) is 3.16. The van der Waals surface area contributed by atoms with Crippen molar-refractivity contribution in [2.45, 2.75) is 19.5 Å². The highest BCUT2D eigenvalue weighted by Crippen LogP contribution is 2.24. The number of carbonyl (C=O) groups excluding carboxylic acids is 1. The Morgan fingerprint density at radius 2 is 1.65 bits per heavy atom. The normalized spacial score (nSPS) is 11.1. The van der Waals surface area contributed by atoms with Gasteiger partial charge in [-0.25, -0.2) is 9.59 Å². The number of rotatable bonds is 7. The van der Waals surface area contributed by atoms with Gasteiger partial charge in [0, 0.05) is 25.0 Å². The molecule has 0 saturated carbocycles. The summed E-state index contributed by atoms with van der Waals surface area (Å²) >= 11 is 0. The van der Waals surface area contributed by atoms with Gasteiger partial charge < -0.3 is 25.0 Å². The van der Waals surface area contributed by atoms with Crippen LogP contribution in [0.25, 0.3) is 0 Å². The number of aromatic carboxylic acids is 1. The Bertz CT molecular complexity index is 1060. The minimum absolute atomic E-state index is 0.151. The summed E-state index contributed by atoms with van der Waals surface area (Å²) in [4.78, 5) is 23.4. The third kappa shape index (κ3) is 6.26. The summed E-state index contributed by atoms with van der Waals surface area (Å²) in [6.07, 6.45) is -3.13. The maximum atomic E-state index is 12.2. The molecule has 0 bridgehead atoms. The third-order valence-corrected chi connectivity index (χ3v) is 4.29. The molecule has 162 valence electrons. The van der Waals surface area contributed by atoms with Crippen molar-refractivity contribution in [2.75, 3.05) is 5.32 Å². The van der Waals surface area contributed by atoms with E-state index in [0.717, 1.165) is 23.3 Å². The molecular weight excluding hydrogens is 415 g/mol. The lowest BCUT2D eigenvalue weighted by Gasteiger charge is -2.13. The fourth-order valence-electron chi connectivity index (χ4n) is 2.90. The number of alkyl halides is 3. The van der Waals surface area contributed by atoms with E-state index >= 15 is 0 Å². The van der Waals surface area contributed by atoms with Gasteiger partial charge in [0.25, 0.3) is 0 Å². The van der Waals surface area contributed by atoms with Crippen molar-refractivity contribution in [3.8, 4) is 5.75 Å². The number of anilines is 1. The number of urea groups is 1. The molecule has 2 amide bonds. The van der Waals surface area contributed by atoms with Crippen LogP contribution in [-0.4, -0.2) is 28.0 Å². The Balaban J connectivity index is 1.59. The smallest absolute Gasteiger partial charge is 0.477 e. The van der Waals surface area contributed by atoms with Crippen LogP contribution in [0.1, 0.15) is 21.6 Å². The summed E-state index contributed by atoms with van der Waals surface area (Å²) in [6, 6.07) is 14.6. The van der Waals surface area contributed by atoms with Crippen molar-refractivity contribution in [1.82, 2.24) is 9.88 Å². The number of carboxylic acids is 1. The number of nitrogens with one attached hydrogen (secondary N) is 2. The number of carbonyl (C=O) groups is 2. The Kier molecular flexibility index (Phi) is 6.49. The highest BCUT2D eigenvalue weighted by Gasteiger charge is 2.30. The number of benzene rings is 2. The molecule has 0 aliphatic carbocycles. The summed E-state index contributed by atoms with van der Waals surface area (Å²) in [6.45, 7) is 0.482. The molecule has 0 aliphatic heterocycles. The van der Waals surface area contributed by atoms with Gasteiger partial charge in [0.15, 0.2) is 0 Å². The molecule has 0 aliphatic rings. The number of hydrogen-bond donors (Lipinski definition) is 3. The molecule has 31 heavy (non-hydrogen) atoms. The molecule has 2 aromatic carbocycles. The molecule has 10 heteroatoms. The van der Waals surface area contributed by atoms with Crippen molar-refractivity contribution in [3.63, 3.8) is 0 Å². The Morgan fingerprint density at radius 1 is 0.968 bits per heavy atom. The van der Waals surface area contributed by atoms with Crippen LogP contribution in [0.5, 0.6) is 5.75 Å². The number of aromatic nitrogens is 1. The number of amides is 2. The minimum Gasteiger partial charge on any atom is -0.477 e. The van der Waals surface area contributed by atoms with Gasteiger partial charge in [-0.3, -0.25) is 0 Å². The zero-order valence-electron chi connectivity index (χ0n) is 16.0. The largest absolute Gasteiger partial charge is 0.573 e. The van der Waals surface area contributed by atoms with E-state index in [-0.39, 0.29) is 12.2 Å². The fraction of sp³-hybridized carbons (Fsp3) is 0.143. The van der Waals surface area contributed by atoms with E-state index in [9.17, 15) is 27.9 Å². The molecule has 3 aromatic rings. The molecule has 0 unspecified atom stereocenters. The molecule has 0 radical (unpaired) electrons. The van der Waals surface area contributed by atoms with Gasteiger partial charge in [0.05, 0.1) is 0 Å². The SMILES string of the molecule is O=C(NCc1ccccc1Cn1cccc1C(=O)O)Nc1ccc(OC(F)(F)F)cc1. The van der Waals surface area contributed by atoms with Gasteiger partial charge in [0.2, 0.25) is 0 Å². The molecular formula is C21H18F3N3O4. The number of hydrogen-bond acceptors (Lipinski definition) is 3. The maximum Gasteiger partial charge on any atom is 0.573 e. The molecule has 0 saturated heterocycles. The summed E-state index contributed by atoms with van der Waals surface area (Å²) in [7, 11) is 0. The van der Waals surface area contributed by atoms with Crippen molar-refractivity contribution >= 4 is 17.7 Å². The second-order valence-corrected chi connectivity index (χ2v) is 6.48. The van der Waals surface area contributed by atoms with Crippen molar-refractivity contribution in [3.05, 3.63) is 83.7 Å². The predicted molar refractivity (Wildman–Crippen MR) is 106 cm³/mol. The highest BCUT2D eigenvalue weighted by atomic mass is 19.4. The summed E-state index contributed by atoms with van der Waals surface area (Å²) < 4.78 is 42.0. The zero-order valence-corrected chi connectivity index (χ0v) is 16.0. The quantitative estimate of drug-likeness (QED) is 0.513. The van der Waals surface area contributed by atoms with Crippen LogP contribution in [0, 0.1) is 0 Å². The molecule has 3 N–H and O–H groups in total. The van der Waals surface area contributed by atoms with Crippen molar-refractivity contribution in [2.24, 2.45) is 0 Å². The van der Waals surface area contributed by atoms with E-state index in [0.29, 0.717) is 12.2 Å². The van der Waals surface area contributed by atoms with E-state index in [4.69, 9.17) is 0 Å². The molecule has 0 atom stereocenters. The van der Waals surface area contributed by atoms with Crippen LogP contribution in [0.2, 0.25) is 0 Å². The van der Waals surface area contributed by atoms with Crippen LogP contribution in [-0.2, 0) is 13.1 Å². The Labute approximate surface area is 175 Å². The van der Waals surface area contributed by atoms with Gasteiger partial charge in [-0.15, -0.1) is 13.2 Å². The van der Waals surface area contributed by atoms with Crippen LogP contribution in [0.15, 0.2) is 66.9 Å². The van der Waals surface area contributed by atoms with Crippen molar-refractivity contribution < 1.29 is 32.6 Å². The summed E-state index contributed by atoms with van der Waals surface area (Å²) in [5.74, 6) is -1.43. The lowest BCUT2D eigenvalue weighted by molar-refractivity contribution is -0.274. The monoisotopic (exact) mass is 433 g/mol. The topological polar surface area (TPSA) is 92.6 Å². The van der Waals surface area contributed by atoms with E-state index in [1.807, 2.05) is 18.2 Å². The molecule has 1 heterocycles. The van der Waals surface area contributed by atoms with Gasteiger partial charge in [-0.2, -0.15) is 0 Å². The van der Waals surface area contributed by atoms with Gasteiger partial charge >= 0.3 is 18.4 Å². The van der Waals surface area contributed by atoms with Crippen LogP contribution < -0.4 is 15.4 Å². The zero-order chi connectivity index (χ0) is 22.4. The highest BCUT2D eigenvalue weighted by molar-refractivity contribution is 5.89. The first kappa shape index (κ1) is 21.8. The lowest BCUT2D eigenvalue weighted by atomic mass is 10.1. The van der Waals surface area contributed by atoms with Gasteiger partial charge in [0.1, 0.15) is 11.4 Å². The lowest BCUT2D eigenvalue weighted by Crippen LogP contribution is -2.28. The second kappa shape index (κ2) is 9.24. The van der Waals surface area contributed by atoms with Crippen LogP contribution in [0.3, 0.4) is 0 Å². The first-order valence-corrected chi connectivity index (χ1v) is 9.07. The molecule has 1 aromatic heterocycles. The first-order chi connectivity index (χ1) is 14.7. The Morgan fingerprint density at radius 3 is 2.29 bits per heavy atom. The number of carboxylic acid groups (broad SMARTS) is 1. The molecule has 0 fully saturated rings. The molecule has 7 nitrogen and oxygen atoms in total. The van der Waals surface area contributed by atoms with Gasteiger partial charge in [-0.05, 0) is 47.5 Å². The molecule has 3 rings (SSSR count). The Hall–Kier alpha value is -3.95. The maximum absolute atomic E-state index is 12.2. The van der Waals surface area contributed by atoms with Crippen LogP contribution in [0.4, 0.5) is 23.7 Å². The van der Waals surface area contributed by atoms with E-state index in [1.54, 1.807) is 22.9 Å². The van der Waals surface area contributed by atoms with Gasteiger partial charge in [-0.1, -0.05) is 24.3 Å². The average molecular weight is 433 g/mol. The molecule has 0 spiro atoms. The first-order valence-electron chi connectivity index (χ1n) is 9.07. The second-order valence-electron chi connectivity index (χ2n) is 6.48. The fourth-order valence-corrected chi connectivity index (χ4v) is 2.90. The number of nitrogens with zero attached hydrogens (tertiary/aromatic N) is 1.